The lowest BCUT2D eigenvalue weighted by atomic mass is 10.2. The molecular formula is C13H11Br2N3O2. The van der Waals surface area contributed by atoms with E-state index in [1.54, 1.807) is 36.5 Å². The average molecular weight is 401 g/mol. The van der Waals surface area contributed by atoms with Gasteiger partial charge in [-0.1, -0.05) is 22.0 Å². The SMILES string of the molecule is O=C(Nc1ccnc(Br)c1)Nc1cc(Br)ccc1CO. The third kappa shape index (κ3) is 4.03. The molecule has 104 valence electrons. The number of hydrogen-bond donors (Lipinski definition) is 3. The van der Waals surface area contributed by atoms with Crippen LogP contribution in [-0.2, 0) is 6.61 Å². The first-order valence-electron chi connectivity index (χ1n) is 5.67. The monoisotopic (exact) mass is 399 g/mol. The largest absolute Gasteiger partial charge is 0.392 e. The number of carbonyl (C=O) groups excluding carboxylic acids is 1. The number of hydrogen-bond acceptors (Lipinski definition) is 3. The van der Waals surface area contributed by atoms with Crippen molar-refractivity contribution in [2.45, 2.75) is 6.61 Å². The molecule has 7 heteroatoms. The van der Waals surface area contributed by atoms with E-state index in [9.17, 15) is 9.90 Å². The Morgan fingerprint density at radius 1 is 1.20 bits per heavy atom. The Bertz CT molecular complexity index is 635. The van der Waals surface area contributed by atoms with Crippen molar-refractivity contribution in [1.82, 2.24) is 4.98 Å². The lowest BCUT2D eigenvalue weighted by Crippen LogP contribution is -2.20. The molecule has 0 spiro atoms. The van der Waals surface area contributed by atoms with Gasteiger partial charge in [-0.2, -0.15) is 0 Å². The summed E-state index contributed by atoms with van der Waals surface area (Å²) in [6.45, 7) is -0.149. The van der Waals surface area contributed by atoms with E-state index in [1.807, 2.05) is 0 Å². The van der Waals surface area contributed by atoms with Crippen LogP contribution in [0.1, 0.15) is 5.56 Å². The molecular weight excluding hydrogens is 390 g/mol. The predicted octanol–water partition coefficient (Wildman–Crippen LogP) is 3.74. The highest BCUT2D eigenvalue weighted by molar-refractivity contribution is 9.10. The minimum Gasteiger partial charge on any atom is -0.392 e. The molecule has 0 aliphatic carbocycles. The van der Waals surface area contributed by atoms with Crippen molar-refractivity contribution in [1.29, 1.82) is 0 Å². The van der Waals surface area contributed by atoms with Gasteiger partial charge in [-0.3, -0.25) is 0 Å². The van der Waals surface area contributed by atoms with E-state index in [-0.39, 0.29) is 6.61 Å². The Balaban J connectivity index is 2.10. The van der Waals surface area contributed by atoms with Crippen LogP contribution in [0.5, 0.6) is 0 Å². The second-order valence-electron chi connectivity index (χ2n) is 3.91. The maximum Gasteiger partial charge on any atom is 0.323 e. The van der Waals surface area contributed by atoms with Crippen LogP contribution in [0.25, 0.3) is 0 Å². The minimum atomic E-state index is -0.393. The van der Waals surface area contributed by atoms with Gasteiger partial charge in [0, 0.05) is 27.6 Å². The third-order valence-electron chi connectivity index (χ3n) is 2.47. The highest BCUT2D eigenvalue weighted by Crippen LogP contribution is 2.22. The van der Waals surface area contributed by atoms with Gasteiger partial charge in [0.2, 0.25) is 0 Å². The standard InChI is InChI=1S/C13H11Br2N3O2/c14-9-2-1-8(7-19)11(5-9)18-13(20)17-10-3-4-16-12(15)6-10/h1-6,19H,7H2,(H2,16,17,18,20). The number of carbonyl (C=O) groups is 1. The summed E-state index contributed by atoms with van der Waals surface area (Å²) in [4.78, 5) is 15.9. The molecule has 0 atom stereocenters. The first-order chi connectivity index (χ1) is 9.58. The molecule has 0 saturated heterocycles. The van der Waals surface area contributed by atoms with Gasteiger partial charge in [-0.25, -0.2) is 9.78 Å². The summed E-state index contributed by atoms with van der Waals surface area (Å²) in [6, 6.07) is 8.24. The second-order valence-corrected chi connectivity index (χ2v) is 5.63. The zero-order valence-corrected chi connectivity index (χ0v) is 13.4. The van der Waals surface area contributed by atoms with Crippen molar-refractivity contribution in [2.24, 2.45) is 0 Å². The number of urea groups is 1. The molecule has 5 nitrogen and oxygen atoms in total. The van der Waals surface area contributed by atoms with Crippen molar-refractivity contribution in [2.75, 3.05) is 10.6 Å². The van der Waals surface area contributed by atoms with Crippen molar-refractivity contribution in [3.05, 3.63) is 51.2 Å². The normalized spacial score (nSPS) is 10.2. The molecule has 2 rings (SSSR count). The predicted molar refractivity (Wildman–Crippen MR) is 84.6 cm³/mol. The van der Waals surface area contributed by atoms with Gasteiger partial charge in [0.15, 0.2) is 0 Å². The Hall–Kier alpha value is -1.44. The zero-order chi connectivity index (χ0) is 14.5. The molecule has 0 saturated carbocycles. The zero-order valence-electron chi connectivity index (χ0n) is 10.2. The van der Waals surface area contributed by atoms with Gasteiger partial charge in [0.05, 0.1) is 6.61 Å². The highest BCUT2D eigenvalue weighted by atomic mass is 79.9. The number of benzene rings is 1. The average Bonchev–Trinajstić information content (AvgIpc) is 2.38. The Morgan fingerprint density at radius 2 is 2.00 bits per heavy atom. The lowest BCUT2D eigenvalue weighted by molar-refractivity contribution is 0.262. The van der Waals surface area contributed by atoms with Crippen molar-refractivity contribution >= 4 is 49.3 Å². The van der Waals surface area contributed by atoms with Crippen LogP contribution in [0.15, 0.2) is 45.6 Å². The van der Waals surface area contributed by atoms with Crippen LogP contribution in [0.4, 0.5) is 16.2 Å². The summed E-state index contributed by atoms with van der Waals surface area (Å²) >= 11 is 6.55. The Kier molecular flexibility index (Phi) is 5.11. The molecule has 0 bridgehead atoms. The topological polar surface area (TPSA) is 74.2 Å². The maximum absolute atomic E-state index is 11.9. The number of anilines is 2. The molecule has 3 N–H and O–H groups in total. The molecule has 2 amide bonds. The number of halogens is 2. The van der Waals surface area contributed by atoms with Crippen LogP contribution in [0.2, 0.25) is 0 Å². The van der Waals surface area contributed by atoms with Crippen LogP contribution in [-0.4, -0.2) is 16.1 Å². The molecule has 0 fully saturated rings. The maximum atomic E-state index is 11.9. The molecule has 0 radical (unpaired) electrons. The number of nitrogens with one attached hydrogen (secondary N) is 2. The summed E-state index contributed by atoms with van der Waals surface area (Å²) in [5, 5.41) is 14.6. The number of aromatic nitrogens is 1. The number of pyridine rings is 1. The fourth-order valence-corrected chi connectivity index (χ4v) is 2.29. The van der Waals surface area contributed by atoms with E-state index in [0.29, 0.717) is 21.5 Å². The molecule has 1 aromatic heterocycles. The van der Waals surface area contributed by atoms with E-state index >= 15 is 0 Å². The van der Waals surface area contributed by atoms with E-state index in [2.05, 4.69) is 47.5 Å². The van der Waals surface area contributed by atoms with Crippen LogP contribution >= 0.6 is 31.9 Å². The minimum absolute atomic E-state index is 0.149. The fourth-order valence-electron chi connectivity index (χ4n) is 1.57. The van der Waals surface area contributed by atoms with Gasteiger partial charge >= 0.3 is 6.03 Å². The van der Waals surface area contributed by atoms with Crippen LogP contribution < -0.4 is 10.6 Å². The summed E-state index contributed by atoms with van der Waals surface area (Å²) in [7, 11) is 0. The first kappa shape index (κ1) is 15.0. The van der Waals surface area contributed by atoms with Gasteiger partial charge < -0.3 is 15.7 Å². The van der Waals surface area contributed by atoms with Gasteiger partial charge in [-0.05, 0) is 40.2 Å². The van der Waals surface area contributed by atoms with Gasteiger partial charge in [0.1, 0.15) is 4.60 Å². The number of aliphatic hydroxyl groups is 1. The highest BCUT2D eigenvalue weighted by Gasteiger charge is 2.07. The smallest absolute Gasteiger partial charge is 0.323 e. The first-order valence-corrected chi connectivity index (χ1v) is 7.26. The Labute approximate surface area is 132 Å². The summed E-state index contributed by atoms with van der Waals surface area (Å²) in [6.07, 6.45) is 1.58. The van der Waals surface area contributed by atoms with Crippen molar-refractivity contribution in [3.63, 3.8) is 0 Å². The van der Waals surface area contributed by atoms with Crippen molar-refractivity contribution in [3.8, 4) is 0 Å². The third-order valence-corrected chi connectivity index (χ3v) is 3.40. The lowest BCUT2D eigenvalue weighted by Gasteiger charge is -2.11. The molecule has 0 unspecified atom stereocenters. The molecule has 1 aromatic carbocycles. The van der Waals surface area contributed by atoms with Crippen LogP contribution in [0.3, 0.4) is 0 Å². The summed E-state index contributed by atoms with van der Waals surface area (Å²) in [5.41, 5.74) is 1.80. The van der Waals surface area contributed by atoms with E-state index in [4.69, 9.17) is 0 Å². The number of aliphatic hydroxyl groups excluding tert-OH is 1. The number of amides is 2. The number of rotatable bonds is 3. The molecule has 0 aliphatic heterocycles. The fraction of sp³-hybridized carbons (Fsp3) is 0.0769. The second kappa shape index (κ2) is 6.83. The van der Waals surface area contributed by atoms with Crippen molar-refractivity contribution < 1.29 is 9.90 Å². The Morgan fingerprint density at radius 3 is 2.70 bits per heavy atom. The van der Waals surface area contributed by atoms with E-state index in [1.165, 1.54) is 0 Å². The van der Waals surface area contributed by atoms with E-state index < -0.39 is 6.03 Å². The quantitative estimate of drug-likeness (QED) is 0.687. The molecule has 0 aliphatic rings. The molecule has 20 heavy (non-hydrogen) atoms. The summed E-state index contributed by atoms with van der Waals surface area (Å²) in [5.74, 6) is 0. The molecule has 2 aromatic rings. The van der Waals surface area contributed by atoms with Crippen LogP contribution in [0, 0.1) is 0 Å². The van der Waals surface area contributed by atoms with E-state index in [0.717, 1.165) is 4.47 Å². The molecule has 1 heterocycles. The van der Waals surface area contributed by atoms with Gasteiger partial charge in [-0.15, -0.1) is 0 Å². The number of nitrogens with zero attached hydrogens (tertiary/aromatic N) is 1. The summed E-state index contributed by atoms with van der Waals surface area (Å²) < 4.78 is 1.45. The van der Waals surface area contributed by atoms with Gasteiger partial charge in [0.25, 0.3) is 0 Å².